The summed E-state index contributed by atoms with van der Waals surface area (Å²) in [5.74, 6) is -0.324. The lowest BCUT2D eigenvalue weighted by atomic mass is 10.5. The molecule has 0 aliphatic heterocycles. The van der Waals surface area contributed by atoms with Gasteiger partial charge in [0.05, 0.1) is 19.4 Å². The number of amides is 1. The minimum Gasteiger partial charge on any atom is -0.383 e. The molecule has 0 saturated heterocycles. The highest BCUT2D eigenvalue weighted by atomic mass is 31.2. The molecule has 14 heavy (non-hydrogen) atoms. The molecule has 0 rings (SSSR count). The monoisotopic (exact) mass is 226 g/mol. The maximum atomic E-state index is 10.9. The van der Waals surface area contributed by atoms with Gasteiger partial charge in [-0.05, 0) is 0 Å². The zero-order valence-corrected chi connectivity index (χ0v) is 8.79. The summed E-state index contributed by atoms with van der Waals surface area (Å²) in [6.45, 7) is 0.673. The molecule has 0 spiro atoms. The standard InChI is InChI=1S/C6H15N2O5P/c1-13-3-2-8-6(9)4-7-5-14(10,11)12/h7H,2-5H2,1H3,(H,8,9)(H2,10,11,12). The zero-order chi connectivity index (χ0) is 11.0. The summed E-state index contributed by atoms with van der Waals surface area (Å²) in [6, 6.07) is 0. The van der Waals surface area contributed by atoms with Crippen molar-refractivity contribution in [3.05, 3.63) is 0 Å². The van der Waals surface area contributed by atoms with Crippen molar-refractivity contribution in [2.75, 3.05) is 33.1 Å². The molecular weight excluding hydrogens is 211 g/mol. The van der Waals surface area contributed by atoms with Crippen LogP contribution >= 0.6 is 7.60 Å². The fourth-order valence-electron chi connectivity index (χ4n) is 0.670. The molecule has 0 atom stereocenters. The lowest BCUT2D eigenvalue weighted by Crippen LogP contribution is -2.35. The van der Waals surface area contributed by atoms with Crippen LogP contribution in [0.5, 0.6) is 0 Å². The Balaban J connectivity index is 3.41. The van der Waals surface area contributed by atoms with Crippen LogP contribution in [0, 0.1) is 0 Å². The smallest absolute Gasteiger partial charge is 0.339 e. The SMILES string of the molecule is COCCNC(=O)CNCP(=O)(O)O. The Kier molecular flexibility index (Phi) is 6.69. The minimum absolute atomic E-state index is 0.116. The van der Waals surface area contributed by atoms with Gasteiger partial charge in [-0.15, -0.1) is 0 Å². The van der Waals surface area contributed by atoms with Gasteiger partial charge in [-0.1, -0.05) is 0 Å². The normalized spacial score (nSPS) is 11.4. The van der Waals surface area contributed by atoms with Crippen LogP contribution < -0.4 is 10.6 Å². The zero-order valence-electron chi connectivity index (χ0n) is 7.89. The van der Waals surface area contributed by atoms with E-state index in [0.29, 0.717) is 13.2 Å². The first kappa shape index (κ1) is 13.5. The van der Waals surface area contributed by atoms with Crippen LogP contribution in [0.4, 0.5) is 0 Å². The summed E-state index contributed by atoms with van der Waals surface area (Å²) < 4.78 is 15.0. The van der Waals surface area contributed by atoms with Crippen molar-refractivity contribution in [1.29, 1.82) is 0 Å². The Bertz CT molecular complexity index is 216. The molecule has 84 valence electrons. The number of hydrogen-bond acceptors (Lipinski definition) is 4. The number of ether oxygens (including phenoxy) is 1. The van der Waals surface area contributed by atoms with Crippen LogP contribution in [0.25, 0.3) is 0 Å². The molecule has 7 nitrogen and oxygen atoms in total. The van der Waals surface area contributed by atoms with Crippen LogP contribution in [0.1, 0.15) is 0 Å². The van der Waals surface area contributed by atoms with Crippen molar-refractivity contribution in [3.63, 3.8) is 0 Å². The van der Waals surface area contributed by atoms with Gasteiger partial charge in [-0.3, -0.25) is 14.7 Å². The van der Waals surface area contributed by atoms with E-state index in [9.17, 15) is 9.36 Å². The van der Waals surface area contributed by atoms with Gasteiger partial charge >= 0.3 is 7.60 Å². The highest BCUT2D eigenvalue weighted by Gasteiger charge is 2.12. The van der Waals surface area contributed by atoms with Crippen LogP contribution in [-0.2, 0) is 14.1 Å². The fourth-order valence-corrected chi connectivity index (χ4v) is 1.07. The van der Waals surface area contributed by atoms with Crippen molar-refractivity contribution in [2.24, 2.45) is 0 Å². The van der Waals surface area contributed by atoms with Gasteiger partial charge in [-0.2, -0.15) is 0 Å². The Morgan fingerprint density at radius 2 is 2.14 bits per heavy atom. The van der Waals surface area contributed by atoms with E-state index in [4.69, 9.17) is 14.5 Å². The van der Waals surface area contributed by atoms with E-state index in [2.05, 4.69) is 10.6 Å². The molecule has 1 amide bonds. The molecule has 0 heterocycles. The van der Waals surface area contributed by atoms with Gasteiger partial charge in [0.15, 0.2) is 0 Å². The van der Waals surface area contributed by atoms with Crippen molar-refractivity contribution in [3.8, 4) is 0 Å². The number of carbonyl (C=O) groups is 1. The van der Waals surface area contributed by atoms with Crippen molar-refractivity contribution in [1.82, 2.24) is 10.6 Å². The van der Waals surface area contributed by atoms with Gasteiger partial charge in [-0.25, -0.2) is 0 Å². The Morgan fingerprint density at radius 1 is 1.50 bits per heavy atom. The third kappa shape index (κ3) is 9.63. The average molecular weight is 226 g/mol. The van der Waals surface area contributed by atoms with Gasteiger partial charge in [0.25, 0.3) is 0 Å². The predicted octanol–water partition coefficient (Wildman–Crippen LogP) is -1.53. The number of rotatable bonds is 7. The number of methoxy groups -OCH3 is 1. The van der Waals surface area contributed by atoms with Crippen LogP contribution in [0.2, 0.25) is 0 Å². The minimum atomic E-state index is -4.07. The molecule has 0 aliphatic carbocycles. The second-order valence-electron chi connectivity index (χ2n) is 2.59. The molecule has 0 bridgehead atoms. The molecule has 0 fully saturated rings. The maximum absolute atomic E-state index is 10.9. The van der Waals surface area contributed by atoms with E-state index in [1.165, 1.54) is 7.11 Å². The molecule has 0 unspecified atom stereocenters. The molecule has 8 heteroatoms. The molecular formula is C6H15N2O5P. The quantitative estimate of drug-likeness (QED) is 0.310. The topological polar surface area (TPSA) is 108 Å². The fraction of sp³-hybridized carbons (Fsp3) is 0.833. The highest BCUT2D eigenvalue weighted by molar-refractivity contribution is 7.51. The summed E-state index contributed by atoms with van der Waals surface area (Å²) in [5, 5.41) is 4.83. The molecule has 0 saturated carbocycles. The van der Waals surface area contributed by atoms with E-state index in [-0.39, 0.29) is 12.5 Å². The van der Waals surface area contributed by atoms with E-state index in [1.54, 1.807) is 0 Å². The van der Waals surface area contributed by atoms with Crippen LogP contribution in [-0.4, -0.2) is 48.8 Å². The first-order valence-electron chi connectivity index (χ1n) is 3.96. The van der Waals surface area contributed by atoms with Crippen LogP contribution in [0.15, 0.2) is 0 Å². The second-order valence-corrected chi connectivity index (χ2v) is 4.24. The predicted molar refractivity (Wildman–Crippen MR) is 49.8 cm³/mol. The third-order valence-electron chi connectivity index (χ3n) is 1.23. The van der Waals surface area contributed by atoms with Gasteiger partial charge in [0.1, 0.15) is 0 Å². The molecule has 0 radical (unpaired) electrons. The number of hydrogen-bond donors (Lipinski definition) is 4. The lowest BCUT2D eigenvalue weighted by Gasteiger charge is -2.06. The summed E-state index contributed by atoms with van der Waals surface area (Å²) in [5.41, 5.74) is 0. The van der Waals surface area contributed by atoms with Gasteiger partial charge in [0.2, 0.25) is 5.91 Å². The van der Waals surface area contributed by atoms with Crippen molar-refractivity contribution in [2.45, 2.75) is 0 Å². The van der Waals surface area contributed by atoms with E-state index >= 15 is 0 Å². The van der Waals surface area contributed by atoms with E-state index in [1.807, 2.05) is 0 Å². The first-order valence-corrected chi connectivity index (χ1v) is 5.76. The Hall–Kier alpha value is -0.460. The molecule has 0 aromatic carbocycles. The van der Waals surface area contributed by atoms with Crippen LogP contribution in [0.3, 0.4) is 0 Å². The average Bonchev–Trinajstić information content (AvgIpc) is 2.02. The van der Waals surface area contributed by atoms with E-state index < -0.39 is 13.9 Å². The molecule has 4 N–H and O–H groups in total. The number of carbonyl (C=O) groups excluding carboxylic acids is 1. The molecule has 0 aliphatic rings. The summed E-state index contributed by atoms with van der Waals surface area (Å²) >= 11 is 0. The molecule has 0 aromatic rings. The van der Waals surface area contributed by atoms with E-state index in [0.717, 1.165) is 0 Å². The highest BCUT2D eigenvalue weighted by Crippen LogP contribution is 2.31. The summed E-state index contributed by atoms with van der Waals surface area (Å²) in [7, 11) is -2.56. The number of nitrogens with one attached hydrogen (secondary N) is 2. The van der Waals surface area contributed by atoms with Gasteiger partial charge in [0, 0.05) is 13.7 Å². The second kappa shape index (κ2) is 6.92. The lowest BCUT2D eigenvalue weighted by molar-refractivity contribution is -0.120. The van der Waals surface area contributed by atoms with Crippen molar-refractivity contribution < 1.29 is 23.9 Å². The summed E-state index contributed by atoms with van der Waals surface area (Å²) in [4.78, 5) is 27.8. The van der Waals surface area contributed by atoms with Crippen molar-refractivity contribution >= 4 is 13.5 Å². The Morgan fingerprint density at radius 3 is 2.64 bits per heavy atom. The molecule has 0 aromatic heterocycles. The Labute approximate surface area is 82.0 Å². The first-order chi connectivity index (χ1) is 6.45. The largest absolute Gasteiger partial charge is 0.383 e. The summed E-state index contributed by atoms with van der Waals surface area (Å²) in [6.07, 6.45) is -0.495. The maximum Gasteiger partial charge on any atom is 0.339 e. The third-order valence-corrected chi connectivity index (χ3v) is 1.87. The van der Waals surface area contributed by atoms with Gasteiger partial charge < -0.3 is 19.8 Å².